The molecule has 65 heavy (non-hydrogen) atoms. The number of amides is 3. The topological polar surface area (TPSA) is 160 Å². The number of ether oxygens (including phenoxy) is 1. The number of anilines is 1. The highest BCUT2D eigenvalue weighted by Gasteiger charge is 2.42. The molecule has 12 nitrogen and oxygen atoms in total. The second kappa shape index (κ2) is 23.7. The number of hydrogen-bond acceptors (Lipinski definition) is 8. The van der Waals surface area contributed by atoms with E-state index in [4.69, 9.17) is 9.16 Å². The molecule has 14 heteroatoms. The molecule has 0 aliphatic carbocycles. The Morgan fingerprint density at radius 3 is 1.92 bits per heavy atom. The quantitative estimate of drug-likeness (QED) is 0.0491. The molecule has 0 spiro atoms. The molecule has 0 saturated carbocycles. The van der Waals surface area contributed by atoms with E-state index in [1.807, 2.05) is 67.6 Å². The minimum absolute atomic E-state index is 0.0418. The molecule has 4 aromatic rings. The van der Waals surface area contributed by atoms with Crippen molar-refractivity contribution in [3.8, 4) is 0 Å². The lowest BCUT2D eigenvalue weighted by Crippen LogP contribution is -2.53. The fourth-order valence-electron chi connectivity index (χ4n) is 6.97. The first-order chi connectivity index (χ1) is 30.6. The van der Waals surface area contributed by atoms with Crippen LogP contribution in [0.25, 0.3) is 0 Å². The van der Waals surface area contributed by atoms with Crippen LogP contribution in [0.2, 0.25) is 18.1 Å². The number of nitrogens with zero attached hydrogens (tertiary/aromatic N) is 1. The second-order valence-electron chi connectivity index (χ2n) is 18.8. The number of benzene rings is 4. The van der Waals surface area contributed by atoms with Crippen LogP contribution in [0.5, 0.6) is 0 Å². The Morgan fingerprint density at radius 2 is 1.34 bits per heavy atom. The van der Waals surface area contributed by atoms with Crippen LogP contribution in [-0.4, -0.2) is 64.4 Å². The smallest absolute Gasteiger partial charge is 0.338 e. The molecule has 0 radical (unpaired) electrons. The lowest BCUT2D eigenvalue weighted by atomic mass is 9.92. The Bertz CT molecular complexity index is 2280. The fourth-order valence-corrected chi connectivity index (χ4v) is 9.85. The number of hydrogen-bond donors (Lipinski definition) is 3. The standard InChI is InChI=1S/C51H70N4O8SSi/c1-11-29-64(60,61)55(34-40-19-14-12-15-20-40)44-24-18-23-43(32-44)49(58)54-45(30-36(2)3)46(63-65(9,10)51(6,7)8)31-37(4)47(56)53-38(5)48(57)52-33-39-25-27-42(28-26-39)50(59)62-35-41-21-16-13-17-22-41/h12-28,32,36-38,45-46H,11,29-31,33-35H2,1-10H3,(H,52,57)(H,53,56)(H,54,58)/t37-,38+,45+,46+/m1/s1. The maximum Gasteiger partial charge on any atom is 0.338 e. The minimum Gasteiger partial charge on any atom is -0.457 e. The number of carbonyl (C=O) groups is 4. The molecule has 0 saturated heterocycles. The Morgan fingerprint density at radius 1 is 0.723 bits per heavy atom. The molecular formula is C51H70N4O8SSi. The van der Waals surface area contributed by atoms with Crippen LogP contribution in [-0.2, 0) is 48.5 Å². The fraction of sp³-hybridized carbons (Fsp3) is 0.451. The molecule has 0 bridgehead atoms. The van der Waals surface area contributed by atoms with Gasteiger partial charge in [-0.15, -0.1) is 0 Å². The number of nitrogens with one attached hydrogen (secondary N) is 3. The first-order valence-corrected chi connectivity index (χ1v) is 27.1. The summed E-state index contributed by atoms with van der Waals surface area (Å²) in [7, 11) is -6.18. The molecule has 0 aliphatic heterocycles. The molecule has 4 aromatic carbocycles. The van der Waals surface area contributed by atoms with Crippen LogP contribution in [0, 0.1) is 11.8 Å². The van der Waals surface area contributed by atoms with Gasteiger partial charge >= 0.3 is 5.97 Å². The average Bonchev–Trinajstić information content (AvgIpc) is 3.26. The van der Waals surface area contributed by atoms with Crippen molar-refractivity contribution in [3.05, 3.63) is 137 Å². The van der Waals surface area contributed by atoms with E-state index in [1.54, 1.807) is 62.4 Å². The number of sulfonamides is 1. The van der Waals surface area contributed by atoms with Crippen molar-refractivity contribution in [2.45, 2.75) is 131 Å². The summed E-state index contributed by atoms with van der Waals surface area (Å²) >= 11 is 0. The molecule has 352 valence electrons. The van der Waals surface area contributed by atoms with Gasteiger partial charge in [-0.3, -0.25) is 18.7 Å². The monoisotopic (exact) mass is 926 g/mol. The summed E-state index contributed by atoms with van der Waals surface area (Å²) in [6.07, 6.45) is 0.702. The zero-order chi connectivity index (χ0) is 48.0. The van der Waals surface area contributed by atoms with E-state index in [0.717, 1.165) is 16.7 Å². The summed E-state index contributed by atoms with van der Waals surface area (Å²) < 4.78 is 41.0. The molecule has 0 aliphatic rings. The molecule has 0 unspecified atom stereocenters. The first kappa shape index (κ1) is 52.3. The predicted molar refractivity (Wildman–Crippen MR) is 261 cm³/mol. The van der Waals surface area contributed by atoms with E-state index in [9.17, 15) is 27.6 Å². The predicted octanol–water partition coefficient (Wildman–Crippen LogP) is 9.17. The van der Waals surface area contributed by atoms with Gasteiger partial charge in [0.25, 0.3) is 5.91 Å². The van der Waals surface area contributed by atoms with Gasteiger partial charge < -0.3 is 25.1 Å². The van der Waals surface area contributed by atoms with Crippen molar-refractivity contribution in [2.75, 3.05) is 10.1 Å². The van der Waals surface area contributed by atoms with Crippen LogP contribution < -0.4 is 20.3 Å². The Kier molecular flexibility index (Phi) is 19.1. The van der Waals surface area contributed by atoms with E-state index >= 15 is 0 Å². The average molecular weight is 927 g/mol. The van der Waals surface area contributed by atoms with Crippen molar-refractivity contribution in [1.82, 2.24) is 16.0 Å². The van der Waals surface area contributed by atoms with Gasteiger partial charge in [0.15, 0.2) is 8.32 Å². The summed E-state index contributed by atoms with van der Waals surface area (Å²) in [6.45, 7) is 20.5. The van der Waals surface area contributed by atoms with Gasteiger partial charge in [-0.1, -0.05) is 127 Å². The molecule has 0 aromatic heterocycles. The van der Waals surface area contributed by atoms with Crippen LogP contribution in [0.1, 0.15) is 112 Å². The number of esters is 1. The maximum absolute atomic E-state index is 14.3. The van der Waals surface area contributed by atoms with E-state index in [1.165, 1.54) is 4.31 Å². The summed E-state index contributed by atoms with van der Waals surface area (Å²) in [5.41, 5.74) is 3.57. The Balaban J connectivity index is 1.46. The normalized spacial score (nSPS) is 13.8. The van der Waals surface area contributed by atoms with Gasteiger partial charge in [-0.05, 0) is 97.3 Å². The molecular weight excluding hydrogens is 857 g/mol. The summed E-state index contributed by atoms with van der Waals surface area (Å²) in [5.74, 6) is -2.02. The highest BCUT2D eigenvalue weighted by Crippen LogP contribution is 2.39. The van der Waals surface area contributed by atoms with Gasteiger partial charge in [0.2, 0.25) is 21.8 Å². The van der Waals surface area contributed by atoms with E-state index in [0.29, 0.717) is 29.7 Å². The Labute approximate surface area is 388 Å². The van der Waals surface area contributed by atoms with Crippen LogP contribution in [0.3, 0.4) is 0 Å². The van der Waals surface area contributed by atoms with E-state index in [-0.39, 0.29) is 60.5 Å². The molecule has 0 heterocycles. The third-order valence-electron chi connectivity index (χ3n) is 11.8. The van der Waals surface area contributed by atoms with Gasteiger partial charge in [0.05, 0.1) is 35.7 Å². The summed E-state index contributed by atoms with van der Waals surface area (Å²) in [5, 5.41) is 8.81. The number of carbonyl (C=O) groups excluding carboxylic acids is 4. The van der Waals surface area contributed by atoms with Crippen LogP contribution in [0.4, 0.5) is 5.69 Å². The highest BCUT2D eigenvalue weighted by molar-refractivity contribution is 7.92. The minimum atomic E-state index is -3.71. The molecule has 3 amide bonds. The lowest BCUT2D eigenvalue weighted by molar-refractivity contribution is -0.131. The summed E-state index contributed by atoms with van der Waals surface area (Å²) in [4.78, 5) is 53.9. The van der Waals surface area contributed by atoms with E-state index in [2.05, 4.69) is 63.7 Å². The third-order valence-corrected chi connectivity index (χ3v) is 18.2. The third kappa shape index (κ3) is 16.0. The van der Waals surface area contributed by atoms with E-state index < -0.39 is 48.4 Å². The van der Waals surface area contributed by atoms with Crippen molar-refractivity contribution in [2.24, 2.45) is 11.8 Å². The largest absolute Gasteiger partial charge is 0.457 e. The van der Waals surface area contributed by atoms with Crippen molar-refractivity contribution in [1.29, 1.82) is 0 Å². The van der Waals surface area contributed by atoms with Crippen molar-refractivity contribution < 1.29 is 36.8 Å². The maximum atomic E-state index is 14.3. The van der Waals surface area contributed by atoms with Gasteiger partial charge in [0, 0.05) is 18.0 Å². The molecule has 4 atom stereocenters. The van der Waals surface area contributed by atoms with Gasteiger partial charge in [-0.25, -0.2) is 13.2 Å². The van der Waals surface area contributed by atoms with Crippen molar-refractivity contribution >= 4 is 47.7 Å². The molecule has 4 rings (SSSR count). The Hall–Kier alpha value is -5.31. The molecule has 3 N–H and O–H groups in total. The van der Waals surface area contributed by atoms with Crippen molar-refractivity contribution in [3.63, 3.8) is 0 Å². The SMILES string of the molecule is CCCS(=O)(=O)N(Cc1ccccc1)c1cccc(C(=O)N[C@@H](CC(C)C)[C@H](C[C@@H](C)C(=O)N[C@@H](C)C(=O)NCc2ccc(C(=O)OCc3ccccc3)cc2)O[Si](C)(C)C(C)(C)C)c1. The number of rotatable bonds is 23. The summed E-state index contributed by atoms with van der Waals surface area (Å²) in [6, 6.07) is 30.9. The molecule has 0 fully saturated rings. The first-order valence-electron chi connectivity index (χ1n) is 22.6. The lowest BCUT2D eigenvalue weighted by Gasteiger charge is -2.42. The zero-order valence-corrected chi connectivity index (χ0v) is 41.7. The van der Waals surface area contributed by atoms with Crippen LogP contribution in [0.15, 0.2) is 109 Å². The van der Waals surface area contributed by atoms with Crippen LogP contribution >= 0.6 is 0 Å². The van der Waals surface area contributed by atoms with Gasteiger partial charge in [0.1, 0.15) is 12.6 Å². The highest BCUT2D eigenvalue weighted by atomic mass is 32.2. The second-order valence-corrected chi connectivity index (χ2v) is 25.6. The zero-order valence-electron chi connectivity index (χ0n) is 39.9. The van der Waals surface area contributed by atoms with Gasteiger partial charge in [-0.2, -0.15) is 0 Å².